The van der Waals surface area contributed by atoms with Gasteiger partial charge >= 0.3 is 5.97 Å². The van der Waals surface area contributed by atoms with E-state index in [1.54, 1.807) is 0 Å². The van der Waals surface area contributed by atoms with E-state index in [2.05, 4.69) is 24.3 Å². The van der Waals surface area contributed by atoms with Crippen molar-refractivity contribution in [3.8, 4) is 0 Å². The van der Waals surface area contributed by atoms with Crippen molar-refractivity contribution in [1.82, 2.24) is 0 Å². The molecule has 3 heteroatoms. The van der Waals surface area contributed by atoms with Crippen LogP contribution in [0.2, 0.25) is 0 Å². The maximum absolute atomic E-state index is 12.3. The summed E-state index contributed by atoms with van der Waals surface area (Å²) < 4.78 is 5.82. The normalized spacial score (nSPS) is 20.9. The minimum absolute atomic E-state index is 0.0326. The molecular weight excluding hydrogens is 304 g/mol. The molecule has 120 valence electrons. The molecule has 0 spiro atoms. The van der Waals surface area contributed by atoms with Crippen LogP contribution < -0.4 is 0 Å². The van der Waals surface area contributed by atoms with Crippen molar-refractivity contribution in [3.63, 3.8) is 0 Å². The van der Waals surface area contributed by atoms with Crippen LogP contribution >= 0.6 is 11.8 Å². The molecule has 0 heterocycles. The highest BCUT2D eigenvalue weighted by molar-refractivity contribution is 7.99. The second-order valence-corrected chi connectivity index (χ2v) is 7.16. The first-order chi connectivity index (χ1) is 11.3. The number of esters is 1. The highest BCUT2D eigenvalue weighted by Gasteiger charge is 2.29. The highest BCUT2D eigenvalue weighted by atomic mass is 32.2. The third-order valence-corrected chi connectivity index (χ3v) is 5.68. The Kier molecular flexibility index (Phi) is 5.76. The van der Waals surface area contributed by atoms with Gasteiger partial charge in [-0.1, -0.05) is 55.0 Å². The van der Waals surface area contributed by atoms with Gasteiger partial charge in [0.05, 0.1) is 5.56 Å². The molecule has 0 N–H and O–H groups in total. The van der Waals surface area contributed by atoms with Gasteiger partial charge in [-0.3, -0.25) is 0 Å². The molecule has 1 aliphatic carbocycles. The van der Waals surface area contributed by atoms with Gasteiger partial charge < -0.3 is 4.74 Å². The van der Waals surface area contributed by atoms with Crippen LogP contribution in [0.25, 0.3) is 0 Å². The Morgan fingerprint density at radius 1 is 0.957 bits per heavy atom. The maximum atomic E-state index is 12.3. The lowest BCUT2D eigenvalue weighted by Gasteiger charge is -2.30. The number of rotatable bonds is 5. The number of hydrogen-bond acceptors (Lipinski definition) is 3. The van der Waals surface area contributed by atoms with Gasteiger partial charge in [0, 0.05) is 11.0 Å². The number of thioether (sulfide) groups is 1. The number of hydrogen-bond donors (Lipinski definition) is 0. The topological polar surface area (TPSA) is 26.3 Å². The molecule has 0 amide bonds. The fourth-order valence-electron chi connectivity index (χ4n) is 2.95. The first kappa shape index (κ1) is 16.1. The molecule has 1 aliphatic rings. The number of benzene rings is 2. The molecule has 0 saturated heterocycles. The fraction of sp³-hybridized carbons (Fsp3) is 0.350. The smallest absolute Gasteiger partial charge is 0.338 e. The minimum atomic E-state index is -0.192. The van der Waals surface area contributed by atoms with Crippen molar-refractivity contribution in [1.29, 1.82) is 0 Å². The van der Waals surface area contributed by atoms with Crippen molar-refractivity contribution < 1.29 is 9.53 Å². The molecule has 23 heavy (non-hydrogen) atoms. The van der Waals surface area contributed by atoms with E-state index in [1.165, 1.54) is 12.0 Å². The summed E-state index contributed by atoms with van der Waals surface area (Å²) in [6.07, 6.45) is 4.51. The number of ether oxygens (including phenoxy) is 1. The lowest BCUT2D eigenvalue weighted by atomic mass is 9.97. The van der Waals surface area contributed by atoms with Crippen molar-refractivity contribution in [2.45, 2.75) is 42.8 Å². The second-order valence-electron chi connectivity index (χ2n) is 5.93. The molecule has 1 fully saturated rings. The van der Waals surface area contributed by atoms with Crippen LogP contribution in [0.4, 0.5) is 0 Å². The molecule has 1 saturated carbocycles. The Bertz CT molecular complexity index is 612. The van der Waals surface area contributed by atoms with Crippen molar-refractivity contribution in [3.05, 3.63) is 71.8 Å². The van der Waals surface area contributed by atoms with Gasteiger partial charge in [-0.2, -0.15) is 0 Å². The van der Waals surface area contributed by atoms with E-state index in [9.17, 15) is 4.79 Å². The van der Waals surface area contributed by atoms with Gasteiger partial charge in [-0.05, 0) is 37.0 Å². The molecule has 0 bridgehead atoms. The Hall–Kier alpha value is -1.74. The van der Waals surface area contributed by atoms with E-state index < -0.39 is 0 Å². The largest absolute Gasteiger partial charge is 0.458 e. The Balaban J connectivity index is 1.59. The summed E-state index contributed by atoms with van der Waals surface area (Å²) in [7, 11) is 0. The van der Waals surface area contributed by atoms with Gasteiger partial charge in [0.1, 0.15) is 6.10 Å². The molecule has 2 aromatic rings. The van der Waals surface area contributed by atoms with Crippen LogP contribution in [0.3, 0.4) is 0 Å². The monoisotopic (exact) mass is 326 g/mol. The average Bonchev–Trinajstić information content (AvgIpc) is 2.62. The molecule has 0 unspecified atom stereocenters. The van der Waals surface area contributed by atoms with Crippen LogP contribution in [0.5, 0.6) is 0 Å². The van der Waals surface area contributed by atoms with Gasteiger partial charge in [0.25, 0.3) is 0 Å². The summed E-state index contributed by atoms with van der Waals surface area (Å²) in [5.74, 6) is 0.785. The predicted molar refractivity (Wildman–Crippen MR) is 95.6 cm³/mol. The second kappa shape index (κ2) is 8.21. The molecule has 2 aromatic carbocycles. The summed E-state index contributed by atoms with van der Waals surface area (Å²) in [5.41, 5.74) is 1.97. The molecule has 0 aliphatic heterocycles. The Morgan fingerprint density at radius 3 is 2.35 bits per heavy atom. The first-order valence-corrected chi connectivity index (χ1v) is 9.29. The zero-order valence-electron chi connectivity index (χ0n) is 13.2. The van der Waals surface area contributed by atoms with Crippen LogP contribution in [0.15, 0.2) is 60.7 Å². The van der Waals surface area contributed by atoms with Crippen molar-refractivity contribution >= 4 is 17.7 Å². The summed E-state index contributed by atoms with van der Waals surface area (Å²) in [4.78, 5) is 12.3. The first-order valence-electron chi connectivity index (χ1n) is 8.24. The van der Waals surface area contributed by atoms with Crippen molar-refractivity contribution in [2.24, 2.45) is 0 Å². The summed E-state index contributed by atoms with van der Waals surface area (Å²) in [6, 6.07) is 19.8. The minimum Gasteiger partial charge on any atom is -0.458 e. The van der Waals surface area contributed by atoms with Crippen LogP contribution in [-0.4, -0.2) is 17.3 Å². The lowest BCUT2D eigenvalue weighted by Crippen LogP contribution is -2.32. The predicted octanol–water partition coefficient (Wildman–Crippen LogP) is 5.09. The zero-order valence-corrected chi connectivity index (χ0v) is 14.0. The zero-order chi connectivity index (χ0) is 15.9. The summed E-state index contributed by atoms with van der Waals surface area (Å²) in [6.45, 7) is 0. The van der Waals surface area contributed by atoms with E-state index in [1.807, 2.05) is 48.2 Å². The van der Waals surface area contributed by atoms with Crippen LogP contribution in [-0.2, 0) is 10.5 Å². The fourth-order valence-corrected chi connectivity index (χ4v) is 4.28. The van der Waals surface area contributed by atoms with E-state index in [-0.39, 0.29) is 12.1 Å². The molecule has 2 nitrogen and oxygen atoms in total. The van der Waals surface area contributed by atoms with E-state index >= 15 is 0 Å². The highest BCUT2D eigenvalue weighted by Crippen LogP contribution is 2.33. The van der Waals surface area contributed by atoms with Crippen LogP contribution in [0, 0.1) is 0 Å². The molecule has 0 aromatic heterocycles. The SMILES string of the molecule is O=C(O[C@H]1CCCC[C@@H]1SCc1ccccc1)c1ccccc1. The van der Waals surface area contributed by atoms with Gasteiger partial charge in [0.2, 0.25) is 0 Å². The third-order valence-electron chi connectivity index (χ3n) is 4.22. The van der Waals surface area contributed by atoms with E-state index in [0.717, 1.165) is 25.0 Å². The summed E-state index contributed by atoms with van der Waals surface area (Å²) in [5, 5.41) is 0.400. The van der Waals surface area contributed by atoms with E-state index in [4.69, 9.17) is 4.74 Å². The van der Waals surface area contributed by atoms with Crippen LogP contribution in [0.1, 0.15) is 41.6 Å². The number of carbonyl (C=O) groups is 1. The molecular formula is C20H22O2S. The third kappa shape index (κ3) is 4.61. The maximum Gasteiger partial charge on any atom is 0.338 e. The Labute approximate surface area is 142 Å². The standard InChI is InChI=1S/C20H22O2S/c21-20(17-11-5-2-6-12-17)22-18-13-7-8-14-19(18)23-15-16-9-3-1-4-10-16/h1-6,9-12,18-19H,7-8,13-15H2/t18-,19-/m0/s1. The summed E-state index contributed by atoms with van der Waals surface area (Å²) >= 11 is 1.92. The van der Waals surface area contributed by atoms with Gasteiger partial charge in [-0.15, -0.1) is 11.8 Å². The molecule has 0 radical (unpaired) electrons. The van der Waals surface area contributed by atoms with Crippen molar-refractivity contribution in [2.75, 3.05) is 0 Å². The lowest BCUT2D eigenvalue weighted by molar-refractivity contribution is 0.0229. The number of carbonyl (C=O) groups excluding carboxylic acids is 1. The van der Waals surface area contributed by atoms with Gasteiger partial charge in [-0.25, -0.2) is 4.79 Å². The Morgan fingerprint density at radius 2 is 1.61 bits per heavy atom. The van der Waals surface area contributed by atoms with E-state index in [0.29, 0.717) is 10.8 Å². The average molecular weight is 326 g/mol. The molecule has 2 atom stereocenters. The quantitative estimate of drug-likeness (QED) is 0.716. The van der Waals surface area contributed by atoms with Gasteiger partial charge in [0.15, 0.2) is 0 Å². The molecule has 3 rings (SSSR count).